The Morgan fingerprint density at radius 3 is 1.81 bits per heavy atom. The molecule has 0 bridgehead atoms. The summed E-state index contributed by atoms with van der Waals surface area (Å²) < 4.78 is 9.13. The molecule has 0 radical (unpaired) electrons. The molecule has 0 fully saturated rings. The molecule has 10 rings (SSSR count). The minimum absolute atomic E-state index is 0.149. The van der Waals surface area contributed by atoms with Gasteiger partial charge in [-0.15, -0.1) is 0 Å². The molecule has 0 N–H and O–H groups in total. The predicted molar refractivity (Wildman–Crippen MR) is 183 cm³/mol. The summed E-state index contributed by atoms with van der Waals surface area (Å²) >= 11 is 8.21. The van der Waals surface area contributed by atoms with Crippen molar-refractivity contribution in [3.05, 3.63) is 152 Å². The van der Waals surface area contributed by atoms with Crippen LogP contribution in [0.3, 0.4) is 0 Å². The first-order chi connectivity index (χ1) is 20.9. The topological polar surface area (TPSA) is 13.1 Å². The van der Waals surface area contributed by atoms with Gasteiger partial charge in [-0.05, 0) is 79.4 Å². The normalized spacial score (nSPS) is 15.8. The summed E-state index contributed by atoms with van der Waals surface area (Å²) in [5, 5.41) is 2.27. The molecule has 1 aromatic heterocycles. The fourth-order valence-electron chi connectivity index (χ4n) is 8.82. The summed E-state index contributed by atoms with van der Waals surface area (Å²) in [5.74, 6) is 0. The number of halogens is 2. The maximum Gasteiger partial charge on any atom is 0.144 e. The van der Waals surface area contributed by atoms with Gasteiger partial charge >= 0.3 is 0 Å². The van der Waals surface area contributed by atoms with Crippen LogP contribution in [-0.4, -0.2) is 0 Å². The van der Waals surface area contributed by atoms with E-state index in [2.05, 4.69) is 155 Å². The number of hydrogen-bond donors (Lipinski definition) is 0. The minimum atomic E-state index is -0.479. The van der Waals surface area contributed by atoms with Crippen molar-refractivity contribution >= 4 is 53.8 Å². The summed E-state index contributed by atoms with van der Waals surface area (Å²) in [4.78, 5) is 0. The van der Waals surface area contributed by atoms with Crippen LogP contribution in [-0.2, 0) is 10.8 Å². The third-order valence-electron chi connectivity index (χ3n) is 10.4. The molecule has 43 heavy (non-hydrogen) atoms. The molecule has 0 unspecified atom stereocenters. The van der Waals surface area contributed by atoms with Crippen LogP contribution >= 0.6 is 31.9 Å². The van der Waals surface area contributed by atoms with Crippen LogP contribution in [0.1, 0.15) is 47.2 Å². The molecule has 204 valence electrons. The zero-order chi connectivity index (χ0) is 28.8. The fourth-order valence-corrected chi connectivity index (χ4v) is 10.4. The van der Waals surface area contributed by atoms with Gasteiger partial charge in [0.05, 0.1) is 5.41 Å². The Morgan fingerprint density at radius 2 is 1.09 bits per heavy atom. The van der Waals surface area contributed by atoms with Gasteiger partial charge in [0.15, 0.2) is 0 Å². The lowest BCUT2D eigenvalue weighted by Crippen LogP contribution is -2.26. The Kier molecular flexibility index (Phi) is 4.54. The average Bonchev–Trinajstić information content (AvgIpc) is 3.70. The summed E-state index contributed by atoms with van der Waals surface area (Å²) in [6.07, 6.45) is 0. The molecule has 1 heterocycles. The van der Waals surface area contributed by atoms with Crippen molar-refractivity contribution in [3.63, 3.8) is 0 Å². The van der Waals surface area contributed by atoms with Gasteiger partial charge in [0.1, 0.15) is 11.2 Å². The predicted octanol–water partition coefficient (Wildman–Crippen LogP) is 11.8. The van der Waals surface area contributed by atoms with Crippen molar-refractivity contribution in [2.75, 3.05) is 0 Å². The second-order valence-corrected chi connectivity index (χ2v) is 14.3. The first-order valence-corrected chi connectivity index (χ1v) is 16.3. The standard InChI is InChI=1S/C40H24Br2O/c1-39(2)25-15-7-5-13-23(25)34-35-28(20-31(42)37(34)39)40(26-16-8-3-11-21(26)22-12-4-9-17-27(22)40)29-19-30(41)33-24-14-6-10-18-32(24)43-38(33)36(29)35/h3-20H,1-2H3. The SMILES string of the molecule is CC1(C)c2ccccc2-c2c3c(cc(Br)c21)C1(c2ccccc2-c2ccccc21)c1cc(Br)c2c(oc4ccccc42)c1-3. The van der Waals surface area contributed by atoms with Crippen molar-refractivity contribution in [3.8, 4) is 33.4 Å². The fraction of sp³-hybridized carbons (Fsp3) is 0.100. The summed E-state index contributed by atoms with van der Waals surface area (Å²) in [5.41, 5.74) is 17.0. The number of rotatable bonds is 0. The highest BCUT2D eigenvalue weighted by molar-refractivity contribution is 9.11. The number of hydrogen-bond acceptors (Lipinski definition) is 1. The van der Waals surface area contributed by atoms with Gasteiger partial charge in [-0.25, -0.2) is 0 Å². The maximum absolute atomic E-state index is 6.90. The molecule has 7 aromatic rings. The Bertz CT molecular complexity index is 2360. The highest BCUT2D eigenvalue weighted by Crippen LogP contribution is 2.68. The van der Waals surface area contributed by atoms with Crippen LogP contribution in [0, 0.1) is 0 Å². The van der Waals surface area contributed by atoms with E-state index in [1.54, 1.807) is 0 Å². The van der Waals surface area contributed by atoms with Crippen LogP contribution < -0.4 is 0 Å². The van der Waals surface area contributed by atoms with E-state index in [-0.39, 0.29) is 5.41 Å². The second-order valence-electron chi connectivity index (χ2n) is 12.6. The van der Waals surface area contributed by atoms with Gasteiger partial charge in [-0.2, -0.15) is 0 Å². The van der Waals surface area contributed by atoms with Gasteiger partial charge in [0.2, 0.25) is 0 Å². The summed E-state index contributed by atoms with van der Waals surface area (Å²) in [6, 6.07) is 40.2. The van der Waals surface area contributed by atoms with E-state index in [1.165, 1.54) is 66.8 Å². The quantitative estimate of drug-likeness (QED) is 0.155. The second kappa shape index (κ2) is 7.96. The molecule has 0 saturated heterocycles. The Morgan fingerprint density at radius 1 is 0.535 bits per heavy atom. The number of furan rings is 1. The Labute approximate surface area is 266 Å². The number of fused-ring (bicyclic) bond motifs is 18. The molecule has 1 nitrogen and oxygen atoms in total. The molecular weight excluding hydrogens is 656 g/mol. The smallest absolute Gasteiger partial charge is 0.144 e. The molecular formula is C40H24Br2O. The molecule has 0 atom stereocenters. The van der Waals surface area contributed by atoms with Crippen LogP contribution in [0.5, 0.6) is 0 Å². The van der Waals surface area contributed by atoms with E-state index in [4.69, 9.17) is 4.42 Å². The maximum atomic E-state index is 6.90. The van der Waals surface area contributed by atoms with E-state index < -0.39 is 5.41 Å². The van der Waals surface area contributed by atoms with E-state index >= 15 is 0 Å². The van der Waals surface area contributed by atoms with Crippen molar-refractivity contribution in [1.82, 2.24) is 0 Å². The van der Waals surface area contributed by atoms with Gasteiger partial charge < -0.3 is 4.42 Å². The molecule has 0 aliphatic heterocycles. The molecule has 3 aliphatic rings. The summed E-state index contributed by atoms with van der Waals surface area (Å²) in [6.45, 7) is 4.72. The van der Waals surface area contributed by atoms with E-state index in [0.29, 0.717) is 0 Å². The molecule has 0 saturated carbocycles. The number of para-hydroxylation sites is 1. The molecule has 0 amide bonds. The van der Waals surface area contributed by atoms with Crippen molar-refractivity contribution in [2.24, 2.45) is 0 Å². The van der Waals surface area contributed by atoms with Crippen LogP contribution in [0.25, 0.3) is 55.3 Å². The van der Waals surface area contributed by atoms with Crippen LogP contribution in [0.4, 0.5) is 0 Å². The van der Waals surface area contributed by atoms with Crippen molar-refractivity contribution in [1.29, 1.82) is 0 Å². The van der Waals surface area contributed by atoms with E-state index in [0.717, 1.165) is 30.9 Å². The molecule has 6 aromatic carbocycles. The lowest BCUT2D eigenvalue weighted by Gasteiger charge is -2.31. The van der Waals surface area contributed by atoms with Gasteiger partial charge in [0.25, 0.3) is 0 Å². The first-order valence-electron chi connectivity index (χ1n) is 14.8. The van der Waals surface area contributed by atoms with Gasteiger partial charge in [-0.3, -0.25) is 0 Å². The molecule has 1 spiro atoms. The molecule has 3 heteroatoms. The lowest BCUT2D eigenvalue weighted by molar-refractivity contribution is 0.656. The van der Waals surface area contributed by atoms with E-state index in [9.17, 15) is 0 Å². The van der Waals surface area contributed by atoms with Gasteiger partial charge in [0, 0.05) is 30.7 Å². The largest absolute Gasteiger partial charge is 0.455 e. The number of benzene rings is 6. The first kappa shape index (κ1) is 24.5. The lowest BCUT2D eigenvalue weighted by atomic mass is 9.70. The minimum Gasteiger partial charge on any atom is -0.455 e. The monoisotopic (exact) mass is 678 g/mol. The summed E-state index contributed by atoms with van der Waals surface area (Å²) in [7, 11) is 0. The van der Waals surface area contributed by atoms with Crippen molar-refractivity contribution in [2.45, 2.75) is 24.7 Å². The highest BCUT2D eigenvalue weighted by Gasteiger charge is 2.55. The Balaban J connectivity index is 1.51. The third kappa shape index (κ3) is 2.68. The highest BCUT2D eigenvalue weighted by atomic mass is 79.9. The zero-order valence-electron chi connectivity index (χ0n) is 23.6. The Hall–Kier alpha value is -3.92. The van der Waals surface area contributed by atoms with Crippen molar-refractivity contribution < 1.29 is 4.42 Å². The zero-order valence-corrected chi connectivity index (χ0v) is 26.7. The van der Waals surface area contributed by atoms with Gasteiger partial charge in [-0.1, -0.05) is 137 Å². The van der Waals surface area contributed by atoms with Crippen LogP contribution in [0.15, 0.2) is 123 Å². The molecule has 3 aliphatic carbocycles. The van der Waals surface area contributed by atoms with Crippen LogP contribution in [0.2, 0.25) is 0 Å². The average molecular weight is 680 g/mol. The third-order valence-corrected chi connectivity index (χ3v) is 11.6. The van der Waals surface area contributed by atoms with E-state index in [1.807, 2.05) is 0 Å².